The summed E-state index contributed by atoms with van der Waals surface area (Å²) in [5, 5.41) is 0. The van der Waals surface area contributed by atoms with E-state index in [0.717, 1.165) is 19.1 Å². The molecule has 1 fully saturated rings. The molecule has 1 aliphatic rings. The van der Waals surface area contributed by atoms with Crippen LogP contribution >= 0.6 is 0 Å². The minimum Gasteiger partial charge on any atom is -0.373 e. The van der Waals surface area contributed by atoms with Gasteiger partial charge in [-0.15, -0.1) is 0 Å². The third-order valence-electron chi connectivity index (χ3n) is 2.78. The molecule has 3 heteroatoms. The summed E-state index contributed by atoms with van der Waals surface area (Å²) in [6.07, 6.45) is 3.10. The number of carbonyl (C=O) groups is 1. The maximum atomic E-state index is 10.1. The molecule has 0 spiro atoms. The third kappa shape index (κ3) is 3.15. The van der Waals surface area contributed by atoms with Gasteiger partial charge in [-0.2, -0.15) is 0 Å². The highest BCUT2D eigenvalue weighted by Crippen LogP contribution is 2.26. The summed E-state index contributed by atoms with van der Waals surface area (Å²) < 4.78 is 11.0. The van der Waals surface area contributed by atoms with Crippen LogP contribution in [0.2, 0.25) is 0 Å². The minimum atomic E-state index is 0.204. The molecule has 16 heavy (non-hydrogen) atoms. The molecule has 0 radical (unpaired) electrons. The molecule has 1 aliphatic carbocycles. The first-order valence-corrected chi connectivity index (χ1v) is 5.59. The SMILES string of the molecule is O=CCOC1CC(OCc2ccccc2)C1. The van der Waals surface area contributed by atoms with Crippen molar-refractivity contribution >= 4 is 6.29 Å². The molecule has 3 nitrogen and oxygen atoms in total. The highest BCUT2D eigenvalue weighted by atomic mass is 16.5. The van der Waals surface area contributed by atoms with E-state index >= 15 is 0 Å². The van der Waals surface area contributed by atoms with Crippen LogP contribution in [0.25, 0.3) is 0 Å². The fourth-order valence-electron chi connectivity index (χ4n) is 1.75. The average molecular weight is 220 g/mol. The molecule has 1 aromatic carbocycles. The van der Waals surface area contributed by atoms with Crippen LogP contribution in [-0.2, 0) is 20.9 Å². The van der Waals surface area contributed by atoms with E-state index in [9.17, 15) is 4.79 Å². The lowest BCUT2D eigenvalue weighted by molar-refractivity contribution is -0.127. The summed E-state index contributed by atoms with van der Waals surface area (Å²) in [7, 11) is 0. The highest BCUT2D eigenvalue weighted by molar-refractivity contribution is 5.50. The molecule has 0 aliphatic heterocycles. The summed E-state index contributed by atoms with van der Waals surface area (Å²) in [5.74, 6) is 0. The molecule has 2 rings (SSSR count). The predicted octanol–water partition coefficient (Wildman–Crippen LogP) is 1.95. The van der Waals surface area contributed by atoms with Gasteiger partial charge >= 0.3 is 0 Å². The molecule has 0 unspecified atom stereocenters. The normalized spacial score (nSPS) is 23.8. The zero-order chi connectivity index (χ0) is 11.2. The second kappa shape index (κ2) is 5.77. The highest BCUT2D eigenvalue weighted by Gasteiger charge is 2.30. The van der Waals surface area contributed by atoms with Gasteiger partial charge in [0.05, 0.1) is 18.8 Å². The molecule has 0 aromatic heterocycles. The Labute approximate surface area is 95.4 Å². The van der Waals surface area contributed by atoms with Crippen LogP contribution < -0.4 is 0 Å². The maximum Gasteiger partial charge on any atom is 0.145 e. The van der Waals surface area contributed by atoms with Crippen molar-refractivity contribution in [3.8, 4) is 0 Å². The van der Waals surface area contributed by atoms with Crippen LogP contribution in [0.4, 0.5) is 0 Å². The van der Waals surface area contributed by atoms with Crippen LogP contribution in [0.15, 0.2) is 30.3 Å². The number of ether oxygens (including phenoxy) is 2. The Kier molecular flexibility index (Phi) is 4.08. The van der Waals surface area contributed by atoms with Gasteiger partial charge in [0, 0.05) is 0 Å². The topological polar surface area (TPSA) is 35.5 Å². The zero-order valence-corrected chi connectivity index (χ0v) is 9.17. The fraction of sp³-hybridized carbons (Fsp3) is 0.462. The van der Waals surface area contributed by atoms with Crippen molar-refractivity contribution in [3.05, 3.63) is 35.9 Å². The van der Waals surface area contributed by atoms with Crippen LogP contribution in [0.5, 0.6) is 0 Å². The van der Waals surface area contributed by atoms with Crippen molar-refractivity contribution < 1.29 is 14.3 Å². The molecule has 0 N–H and O–H groups in total. The Balaban J connectivity index is 1.61. The quantitative estimate of drug-likeness (QED) is 0.687. The number of hydrogen-bond donors (Lipinski definition) is 0. The van der Waals surface area contributed by atoms with E-state index < -0.39 is 0 Å². The number of aldehydes is 1. The van der Waals surface area contributed by atoms with E-state index in [0.29, 0.717) is 6.61 Å². The second-order valence-electron chi connectivity index (χ2n) is 4.01. The first kappa shape index (κ1) is 11.3. The molecule has 86 valence electrons. The lowest BCUT2D eigenvalue weighted by Gasteiger charge is -2.34. The summed E-state index contributed by atoms with van der Waals surface area (Å²) in [4.78, 5) is 10.1. The van der Waals surface area contributed by atoms with Gasteiger partial charge in [-0.25, -0.2) is 0 Å². The molecule has 0 atom stereocenters. The molecule has 0 saturated heterocycles. The molecule has 1 saturated carbocycles. The van der Waals surface area contributed by atoms with Crippen LogP contribution in [0.1, 0.15) is 18.4 Å². The summed E-state index contributed by atoms with van der Waals surface area (Å²) in [6, 6.07) is 10.1. The summed E-state index contributed by atoms with van der Waals surface area (Å²) >= 11 is 0. The Hall–Kier alpha value is -1.19. The van der Waals surface area contributed by atoms with Crippen molar-refractivity contribution in [2.24, 2.45) is 0 Å². The lowest BCUT2D eigenvalue weighted by atomic mass is 9.92. The van der Waals surface area contributed by atoms with E-state index in [1.807, 2.05) is 18.2 Å². The third-order valence-corrected chi connectivity index (χ3v) is 2.78. The number of rotatable bonds is 6. The van der Waals surface area contributed by atoms with Gasteiger partial charge in [0.2, 0.25) is 0 Å². The minimum absolute atomic E-state index is 0.204. The van der Waals surface area contributed by atoms with Gasteiger partial charge in [-0.3, -0.25) is 0 Å². The Morgan fingerprint density at radius 1 is 1.12 bits per heavy atom. The van der Waals surface area contributed by atoms with E-state index in [1.54, 1.807) is 0 Å². The molecule has 0 amide bonds. The van der Waals surface area contributed by atoms with Gasteiger partial charge in [0.1, 0.15) is 12.9 Å². The van der Waals surface area contributed by atoms with E-state index in [4.69, 9.17) is 9.47 Å². The average Bonchev–Trinajstić information content (AvgIpc) is 2.28. The van der Waals surface area contributed by atoms with E-state index in [-0.39, 0.29) is 18.8 Å². The monoisotopic (exact) mass is 220 g/mol. The van der Waals surface area contributed by atoms with Gasteiger partial charge in [0.15, 0.2) is 0 Å². The largest absolute Gasteiger partial charge is 0.373 e. The molecule has 0 bridgehead atoms. The molecular weight excluding hydrogens is 204 g/mol. The van der Waals surface area contributed by atoms with Crippen LogP contribution in [0.3, 0.4) is 0 Å². The number of benzene rings is 1. The van der Waals surface area contributed by atoms with Crippen molar-refractivity contribution in [1.29, 1.82) is 0 Å². The summed E-state index contributed by atoms with van der Waals surface area (Å²) in [5.41, 5.74) is 1.19. The maximum absolute atomic E-state index is 10.1. The van der Waals surface area contributed by atoms with Gasteiger partial charge < -0.3 is 14.3 Å². The van der Waals surface area contributed by atoms with Crippen molar-refractivity contribution in [1.82, 2.24) is 0 Å². The zero-order valence-electron chi connectivity index (χ0n) is 9.17. The predicted molar refractivity (Wildman–Crippen MR) is 60.1 cm³/mol. The Morgan fingerprint density at radius 3 is 2.50 bits per heavy atom. The smallest absolute Gasteiger partial charge is 0.145 e. The van der Waals surface area contributed by atoms with E-state index in [2.05, 4.69) is 12.1 Å². The molecule has 0 heterocycles. The standard InChI is InChI=1S/C13H16O3/c14-6-7-15-12-8-13(9-12)16-10-11-4-2-1-3-5-11/h1-6,12-13H,7-10H2. The van der Waals surface area contributed by atoms with Gasteiger partial charge in [-0.1, -0.05) is 30.3 Å². The van der Waals surface area contributed by atoms with Crippen molar-refractivity contribution in [3.63, 3.8) is 0 Å². The Bertz CT molecular complexity index is 317. The van der Waals surface area contributed by atoms with E-state index in [1.165, 1.54) is 5.56 Å². The number of hydrogen-bond acceptors (Lipinski definition) is 3. The van der Waals surface area contributed by atoms with Gasteiger partial charge in [-0.05, 0) is 18.4 Å². The summed E-state index contributed by atoms with van der Waals surface area (Å²) in [6.45, 7) is 0.863. The Morgan fingerprint density at radius 2 is 1.81 bits per heavy atom. The number of carbonyl (C=O) groups excluding carboxylic acids is 1. The first-order valence-electron chi connectivity index (χ1n) is 5.59. The van der Waals surface area contributed by atoms with Crippen LogP contribution in [-0.4, -0.2) is 25.1 Å². The lowest BCUT2D eigenvalue weighted by Crippen LogP contribution is -2.37. The first-order chi connectivity index (χ1) is 7.88. The van der Waals surface area contributed by atoms with Crippen molar-refractivity contribution in [2.45, 2.75) is 31.7 Å². The van der Waals surface area contributed by atoms with Gasteiger partial charge in [0.25, 0.3) is 0 Å². The second-order valence-corrected chi connectivity index (χ2v) is 4.01. The fourth-order valence-corrected chi connectivity index (χ4v) is 1.75. The van der Waals surface area contributed by atoms with Crippen molar-refractivity contribution in [2.75, 3.05) is 6.61 Å². The van der Waals surface area contributed by atoms with Crippen LogP contribution in [0, 0.1) is 0 Å². The molecule has 1 aromatic rings. The molecular formula is C13H16O3.